The lowest BCUT2D eigenvalue weighted by Crippen LogP contribution is -2.23. The molecule has 5 heteroatoms. The third-order valence-electron chi connectivity index (χ3n) is 2.36. The zero-order valence-electron chi connectivity index (χ0n) is 10.1. The maximum absolute atomic E-state index is 11.2. The van der Waals surface area contributed by atoms with E-state index in [1.165, 1.54) is 0 Å². The lowest BCUT2D eigenvalue weighted by molar-refractivity contribution is 0.0584. The molecule has 5 nitrogen and oxygen atoms in total. The molecule has 1 rings (SSSR count). The Morgan fingerprint density at radius 1 is 1.25 bits per heavy atom. The first-order valence-corrected chi connectivity index (χ1v) is 5.69. The average molecular weight is 228 g/mol. The van der Waals surface area contributed by atoms with Crippen LogP contribution in [0.3, 0.4) is 0 Å². The number of amides is 1. The summed E-state index contributed by atoms with van der Waals surface area (Å²) in [5.74, 6) is 0. The molecule has 0 heterocycles. The first kappa shape index (κ1) is 13.1. The average Bonchev–Trinajstić information content (AvgIpc) is 2.14. The highest BCUT2D eigenvalue weighted by molar-refractivity contribution is 5.67. The van der Waals surface area contributed by atoms with E-state index in [4.69, 9.17) is 4.74 Å². The van der Waals surface area contributed by atoms with Gasteiger partial charge >= 0.3 is 6.09 Å². The Hall–Kier alpha value is -0.970. The number of nitrogens with zero attached hydrogens (tertiary/aromatic N) is 2. The molecular formula is C11H20N2O3. The summed E-state index contributed by atoms with van der Waals surface area (Å²) in [7, 11) is 0. The summed E-state index contributed by atoms with van der Waals surface area (Å²) in [6.45, 7) is 5.37. The van der Waals surface area contributed by atoms with Crippen molar-refractivity contribution < 1.29 is 14.6 Å². The smallest absolute Gasteiger partial charge is 0.441 e. The van der Waals surface area contributed by atoms with Crippen molar-refractivity contribution in [1.29, 1.82) is 0 Å². The topological polar surface area (TPSA) is 71.2 Å². The van der Waals surface area contributed by atoms with E-state index in [-0.39, 0.29) is 12.1 Å². The van der Waals surface area contributed by atoms with E-state index in [0.717, 1.165) is 25.7 Å². The van der Waals surface area contributed by atoms with Gasteiger partial charge in [0.25, 0.3) is 0 Å². The van der Waals surface area contributed by atoms with Crippen LogP contribution < -0.4 is 0 Å². The minimum Gasteiger partial charge on any atom is -0.441 e. The number of azo groups is 1. The molecule has 0 bridgehead atoms. The van der Waals surface area contributed by atoms with Gasteiger partial charge in [0.05, 0.1) is 12.1 Å². The largest absolute Gasteiger partial charge is 0.452 e. The second kappa shape index (κ2) is 5.39. The van der Waals surface area contributed by atoms with Crippen molar-refractivity contribution in [3.05, 3.63) is 0 Å². The van der Waals surface area contributed by atoms with Gasteiger partial charge in [-0.15, -0.1) is 0 Å². The summed E-state index contributed by atoms with van der Waals surface area (Å²) >= 11 is 0. The molecule has 1 amide bonds. The molecule has 1 fully saturated rings. The Bertz CT molecular complexity index is 263. The maximum atomic E-state index is 11.2. The van der Waals surface area contributed by atoms with Gasteiger partial charge in [0, 0.05) is 0 Å². The quantitative estimate of drug-likeness (QED) is 0.701. The van der Waals surface area contributed by atoms with Crippen molar-refractivity contribution >= 4 is 6.09 Å². The van der Waals surface area contributed by atoms with Crippen LogP contribution in [0.1, 0.15) is 46.5 Å². The third kappa shape index (κ3) is 5.21. The molecule has 16 heavy (non-hydrogen) atoms. The molecule has 0 saturated heterocycles. The van der Waals surface area contributed by atoms with Crippen molar-refractivity contribution in [3.63, 3.8) is 0 Å². The lowest BCUT2D eigenvalue weighted by atomic mass is 9.94. The summed E-state index contributed by atoms with van der Waals surface area (Å²) in [6.07, 6.45) is 2.18. The Kier molecular flexibility index (Phi) is 4.41. The summed E-state index contributed by atoms with van der Waals surface area (Å²) in [4.78, 5) is 11.2. The molecule has 0 atom stereocenters. The van der Waals surface area contributed by atoms with E-state index in [9.17, 15) is 9.90 Å². The van der Waals surface area contributed by atoms with Gasteiger partial charge in [-0.05, 0) is 46.5 Å². The zero-order valence-corrected chi connectivity index (χ0v) is 10.1. The number of hydrogen-bond acceptors (Lipinski definition) is 4. The van der Waals surface area contributed by atoms with Crippen LogP contribution in [0.2, 0.25) is 0 Å². The van der Waals surface area contributed by atoms with Gasteiger partial charge in [-0.2, -0.15) is 5.11 Å². The molecule has 0 aromatic carbocycles. The predicted octanol–water partition coefficient (Wildman–Crippen LogP) is 2.68. The molecule has 1 aliphatic rings. The first-order valence-electron chi connectivity index (χ1n) is 5.69. The normalized spacial score (nSPS) is 27.0. The van der Waals surface area contributed by atoms with Crippen LogP contribution in [0.15, 0.2) is 10.2 Å². The van der Waals surface area contributed by atoms with E-state index in [2.05, 4.69) is 10.2 Å². The van der Waals surface area contributed by atoms with Crippen LogP contribution >= 0.6 is 0 Å². The van der Waals surface area contributed by atoms with Gasteiger partial charge in [0.2, 0.25) is 0 Å². The lowest BCUT2D eigenvalue weighted by Gasteiger charge is -2.21. The number of carbonyl (C=O) groups excluding carboxylic acids is 1. The minimum absolute atomic E-state index is 0.0518. The van der Waals surface area contributed by atoms with Gasteiger partial charge in [0.1, 0.15) is 5.60 Å². The zero-order chi connectivity index (χ0) is 12.2. The molecule has 0 spiro atoms. The van der Waals surface area contributed by atoms with Crippen LogP contribution in [0.4, 0.5) is 4.79 Å². The minimum atomic E-state index is -0.640. The molecule has 0 aliphatic heterocycles. The Morgan fingerprint density at radius 2 is 1.81 bits per heavy atom. The van der Waals surface area contributed by atoms with Gasteiger partial charge in [-0.25, -0.2) is 4.79 Å². The molecule has 0 radical (unpaired) electrons. The SMILES string of the molecule is CC(C)(C)OC(=O)N=N[C@H]1CC[C@H](O)CC1. The summed E-state index contributed by atoms with van der Waals surface area (Å²) in [6, 6.07) is 0.0518. The Labute approximate surface area is 95.9 Å². The van der Waals surface area contributed by atoms with Gasteiger partial charge in [-0.3, -0.25) is 0 Å². The van der Waals surface area contributed by atoms with E-state index < -0.39 is 11.7 Å². The molecule has 92 valence electrons. The molecule has 1 saturated carbocycles. The van der Waals surface area contributed by atoms with Crippen LogP contribution in [0, 0.1) is 0 Å². The maximum Gasteiger partial charge on any atom is 0.452 e. The Balaban J connectivity index is 2.33. The highest BCUT2D eigenvalue weighted by Crippen LogP contribution is 2.21. The highest BCUT2D eigenvalue weighted by Gasteiger charge is 2.20. The van der Waals surface area contributed by atoms with Gasteiger partial charge in [0.15, 0.2) is 0 Å². The second-order valence-corrected chi connectivity index (χ2v) is 5.16. The fraction of sp³-hybridized carbons (Fsp3) is 0.909. The first-order chi connectivity index (χ1) is 7.37. The molecule has 0 unspecified atom stereocenters. The van der Waals surface area contributed by atoms with E-state index in [1.807, 2.05) is 0 Å². The molecule has 1 aliphatic carbocycles. The molecule has 0 aromatic heterocycles. The molecule has 0 aromatic rings. The van der Waals surface area contributed by atoms with Crippen LogP contribution in [0.25, 0.3) is 0 Å². The molecule has 1 N–H and O–H groups in total. The van der Waals surface area contributed by atoms with Crippen LogP contribution in [-0.2, 0) is 4.74 Å². The highest BCUT2D eigenvalue weighted by atomic mass is 16.6. The summed E-state index contributed by atoms with van der Waals surface area (Å²) in [5, 5.41) is 16.8. The second-order valence-electron chi connectivity index (χ2n) is 5.16. The monoisotopic (exact) mass is 228 g/mol. The van der Waals surface area contributed by atoms with Crippen molar-refractivity contribution in [1.82, 2.24) is 0 Å². The molecular weight excluding hydrogens is 208 g/mol. The summed E-state index contributed by atoms with van der Waals surface area (Å²) < 4.78 is 5.00. The number of carbonyl (C=O) groups is 1. The van der Waals surface area contributed by atoms with Gasteiger partial charge in [-0.1, -0.05) is 5.11 Å². The Morgan fingerprint density at radius 3 is 2.31 bits per heavy atom. The third-order valence-corrected chi connectivity index (χ3v) is 2.36. The fourth-order valence-electron chi connectivity index (χ4n) is 1.58. The van der Waals surface area contributed by atoms with Crippen LogP contribution in [0.5, 0.6) is 0 Å². The van der Waals surface area contributed by atoms with Crippen molar-refractivity contribution in [2.24, 2.45) is 10.2 Å². The van der Waals surface area contributed by atoms with E-state index >= 15 is 0 Å². The van der Waals surface area contributed by atoms with Crippen LogP contribution in [-0.4, -0.2) is 28.9 Å². The predicted molar refractivity (Wildman–Crippen MR) is 59.4 cm³/mol. The number of rotatable bonds is 1. The summed E-state index contributed by atoms with van der Waals surface area (Å²) in [5.41, 5.74) is -0.529. The number of aliphatic hydroxyl groups excluding tert-OH is 1. The van der Waals surface area contributed by atoms with E-state index in [1.54, 1.807) is 20.8 Å². The fourth-order valence-corrected chi connectivity index (χ4v) is 1.58. The number of hydrogen-bond donors (Lipinski definition) is 1. The van der Waals surface area contributed by atoms with Gasteiger partial charge < -0.3 is 9.84 Å². The van der Waals surface area contributed by atoms with Crippen molar-refractivity contribution in [2.75, 3.05) is 0 Å². The number of aliphatic hydroxyl groups is 1. The van der Waals surface area contributed by atoms with E-state index in [0.29, 0.717) is 0 Å². The standard InChI is InChI=1S/C11H20N2O3/c1-11(2,3)16-10(15)13-12-8-4-6-9(14)7-5-8/h8-9,14H,4-7H2,1-3H3/t8-,9-. The number of ether oxygens (including phenoxy) is 1. The van der Waals surface area contributed by atoms with Crippen molar-refractivity contribution in [2.45, 2.75) is 64.2 Å². The van der Waals surface area contributed by atoms with Crippen molar-refractivity contribution in [3.8, 4) is 0 Å².